The van der Waals surface area contributed by atoms with Crippen LogP contribution in [0.2, 0.25) is 5.02 Å². The van der Waals surface area contributed by atoms with Crippen LogP contribution < -0.4 is 5.32 Å². The zero-order chi connectivity index (χ0) is 13.0. The summed E-state index contributed by atoms with van der Waals surface area (Å²) in [6.07, 6.45) is 2.54. The van der Waals surface area contributed by atoms with Crippen molar-refractivity contribution in [2.75, 3.05) is 6.54 Å². The highest BCUT2D eigenvalue weighted by molar-refractivity contribution is 6.30. The van der Waals surface area contributed by atoms with Gasteiger partial charge >= 0.3 is 0 Å². The van der Waals surface area contributed by atoms with E-state index >= 15 is 0 Å². The minimum Gasteiger partial charge on any atom is -0.467 e. The van der Waals surface area contributed by atoms with Crippen LogP contribution in [-0.2, 0) is 0 Å². The zero-order valence-electron chi connectivity index (χ0n) is 10.1. The summed E-state index contributed by atoms with van der Waals surface area (Å²) < 4.78 is 19.3. The Hall–Kier alpha value is -1.32. The Balaban J connectivity index is 2.36. The topological polar surface area (TPSA) is 25.2 Å². The van der Waals surface area contributed by atoms with Crippen molar-refractivity contribution in [3.63, 3.8) is 0 Å². The molecule has 1 unspecified atom stereocenters. The van der Waals surface area contributed by atoms with E-state index in [0.717, 1.165) is 13.0 Å². The van der Waals surface area contributed by atoms with Gasteiger partial charge in [-0.15, -0.1) is 0 Å². The Morgan fingerprint density at radius 2 is 2.22 bits per heavy atom. The molecule has 0 amide bonds. The van der Waals surface area contributed by atoms with Crippen molar-refractivity contribution < 1.29 is 8.81 Å². The summed E-state index contributed by atoms with van der Waals surface area (Å²) >= 11 is 5.93. The summed E-state index contributed by atoms with van der Waals surface area (Å²) in [7, 11) is 0. The third kappa shape index (κ3) is 2.92. The van der Waals surface area contributed by atoms with Gasteiger partial charge in [0.2, 0.25) is 0 Å². The van der Waals surface area contributed by atoms with Crippen molar-refractivity contribution >= 4 is 11.6 Å². The quantitative estimate of drug-likeness (QED) is 0.880. The maximum atomic E-state index is 13.9. The Morgan fingerprint density at radius 3 is 2.89 bits per heavy atom. The molecule has 1 aromatic heterocycles. The molecule has 0 saturated heterocycles. The van der Waals surface area contributed by atoms with Crippen LogP contribution in [0.1, 0.15) is 30.7 Å². The number of rotatable bonds is 5. The molecule has 96 valence electrons. The van der Waals surface area contributed by atoms with E-state index in [1.807, 2.05) is 6.07 Å². The molecule has 1 N–H and O–H groups in total. The summed E-state index contributed by atoms with van der Waals surface area (Å²) in [5, 5.41) is 3.78. The van der Waals surface area contributed by atoms with Crippen LogP contribution in [-0.4, -0.2) is 6.54 Å². The molecule has 0 spiro atoms. The average Bonchev–Trinajstić information content (AvgIpc) is 2.88. The van der Waals surface area contributed by atoms with E-state index in [-0.39, 0.29) is 11.9 Å². The summed E-state index contributed by atoms with van der Waals surface area (Å²) in [6, 6.07) is 7.86. The second-order valence-electron chi connectivity index (χ2n) is 4.07. The predicted octanol–water partition coefficient (Wildman–Crippen LogP) is 4.16. The Morgan fingerprint density at radius 1 is 1.39 bits per heavy atom. The van der Waals surface area contributed by atoms with Crippen molar-refractivity contribution in [2.24, 2.45) is 0 Å². The molecule has 0 radical (unpaired) electrons. The van der Waals surface area contributed by atoms with Crippen molar-refractivity contribution in [3.05, 3.63) is 58.8 Å². The largest absolute Gasteiger partial charge is 0.467 e. The van der Waals surface area contributed by atoms with Crippen molar-refractivity contribution in [2.45, 2.75) is 19.4 Å². The van der Waals surface area contributed by atoms with Crippen molar-refractivity contribution in [3.8, 4) is 0 Å². The molecule has 4 heteroatoms. The van der Waals surface area contributed by atoms with Gasteiger partial charge in [-0.1, -0.05) is 18.5 Å². The minimum atomic E-state index is -0.307. The van der Waals surface area contributed by atoms with E-state index in [4.69, 9.17) is 16.0 Å². The standard InChI is InChI=1S/C14H15ClFNO/c1-2-7-17-14(13-4-3-8-18-13)11-9-10(15)5-6-12(11)16/h3-6,8-9,14,17H,2,7H2,1H3. The van der Waals surface area contributed by atoms with E-state index in [1.165, 1.54) is 6.07 Å². The number of hydrogen-bond acceptors (Lipinski definition) is 2. The first kappa shape index (κ1) is 13.1. The molecular weight excluding hydrogens is 253 g/mol. The highest BCUT2D eigenvalue weighted by Gasteiger charge is 2.19. The van der Waals surface area contributed by atoms with E-state index in [0.29, 0.717) is 16.3 Å². The van der Waals surface area contributed by atoms with Crippen LogP contribution in [0.3, 0.4) is 0 Å². The lowest BCUT2D eigenvalue weighted by Gasteiger charge is -2.17. The lowest BCUT2D eigenvalue weighted by molar-refractivity contribution is 0.436. The smallest absolute Gasteiger partial charge is 0.128 e. The van der Waals surface area contributed by atoms with Crippen molar-refractivity contribution in [1.82, 2.24) is 5.32 Å². The fourth-order valence-corrected chi connectivity index (χ4v) is 2.02. The van der Waals surface area contributed by atoms with Gasteiger partial charge in [0.15, 0.2) is 0 Å². The predicted molar refractivity (Wildman–Crippen MR) is 70.3 cm³/mol. The summed E-state index contributed by atoms with van der Waals surface area (Å²) in [6.45, 7) is 2.83. The molecule has 2 nitrogen and oxygen atoms in total. The molecule has 0 aliphatic carbocycles. The van der Waals surface area contributed by atoms with Crippen molar-refractivity contribution in [1.29, 1.82) is 0 Å². The first-order valence-corrected chi connectivity index (χ1v) is 6.32. The number of benzene rings is 1. The lowest BCUT2D eigenvalue weighted by atomic mass is 10.0. The van der Waals surface area contributed by atoms with Crippen LogP contribution in [0.15, 0.2) is 41.0 Å². The normalized spacial score (nSPS) is 12.6. The maximum absolute atomic E-state index is 13.9. The fourth-order valence-electron chi connectivity index (χ4n) is 1.84. The first-order valence-electron chi connectivity index (χ1n) is 5.94. The van der Waals surface area contributed by atoms with Crippen LogP contribution >= 0.6 is 11.6 Å². The summed E-state index contributed by atoms with van der Waals surface area (Å²) in [5.74, 6) is 0.397. The highest BCUT2D eigenvalue weighted by atomic mass is 35.5. The van der Waals surface area contributed by atoms with Gasteiger partial charge in [-0.3, -0.25) is 0 Å². The monoisotopic (exact) mass is 267 g/mol. The molecule has 0 aliphatic heterocycles. The van der Waals surface area contributed by atoms with Gasteiger partial charge < -0.3 is 9.73 Å². The van der Waals surface area contributed by atoms with Crippen LogP contribution in [0.5, 0.6) is 0 Å². The highest BCUT2D eigenvalue weighted by Crippen LogP contribution is 2.27. The zero-order valence-corrected chi connectivity index (χ0v) is 10.9. The molecular formula is C14H15ClFNO. The van der Waals surface area contributed by atoms with Crippen LogP contribution in [0.25, 0.3) is 0 Å². The number of furan rings is 1. The van der Waals surface area contributed by atoms with E-state index in [1.54, 1.807) is 24.5 Å². The average molecular weight is 268 g/mol. The first-order chi connectivity index (χ1) is 8.72. The molecule has 18 heavy (non-hydrogen) atoms. The van der Waals surface area contributed by atoms with Gasteiger partial charge in [0.05, 0.1) is 12.3 Å². The van der Waals surface area contributed by atoms with Gasteiger partial charge in [-0.25, -0.2) is 4.39 Å². The van der Waals surface area contributed by atoms with Gasteiger partial charge in [0, 0.05) is 10.6 Å². The van der Waals surface area contributed by atoms with E-state index in [2.05, 4.69) is 12.2 Å². The number of halogens is 2. The summed E-state index contributed by atoms with van der Waals surface area (Å²) in [4.78, 5) is 0. The molecule has 2 rings (SSSR count). The number of nitrogens with one attached hydrogen (secondary N) is 1. The van der Waals surface area contributed by atoms with E-state index in [9.17, 15) is 4.39 Å². The molecule has 0 saturated carbocycles. The maximum Gasteiger partial charge on any atom is 0.128 e. The third-order valence-corrected chi connectivity index (χ3v) is 2.93. The SMILES string of the molecule is CCCNC(c1ccco1)c1cc(Cl)ccc1F. The Bertz CT molecular complexity index is 499. The second-order valence-corrected chi connectivity index (χ2v) is 4.50. The Kier molecular flexibility index (Phi) is 4.39. The molecule has 0 bridgehead atoms. The lowest BCUT2D eigenvalue weighted by Crippen LogP contribution is -2.23. The van der Waals surface area contributed by atoms with Gasteiger partial charge in [-0.2, -0.15) is 0 Å². The third-order valence-electron chi connectivity index (χ3n) is 2.70. The fraction of sp³-hybridized carbons (Fsp3) is 0.286. The van der Waals surface area contributed by atoms with Gasteiger partial charge in [0.1, 0.15) is 11.6 Å². The van der Waals surface area contributed by atoms with Crippen LogP contribution in [0.4, 0.5) is 4.39 Å². The minimum absolute atomic E-state index is 0.288. The van der Waals surface area contributed by atoms with Gasteiger partial charge in [0.25, 0.3) is 0 Å². The summed E-state index contributed by atoms with van der Waals surface area (Å²) in [5.41, 5.74) is 0.505. The number of hydrogen-bond donors (Lipinski definition) is 1. The second kappa shape index (κ2) is 6.03. The molecule has 2 aromatic rings. The Labute approximate surface area is 111 Å². The molecule has 1 aromatic carbocycles. The molecule has 0 fully saturated rings. The molecule has 1 heterocycles. The molecule has 0 aliphatic rings. The van der Waals surface area contributed by atoms with Crippen LogP contribution in [0, 0.1) is 5.82 Å². The van der Waals surface area contributed by atoms with Gasteiger partial charge in [-0.05, 0) is 43.3 Å². The molecule has 1 atom stereocenters. The van der Waals surface area contributed by atoms with E-state index < -0.39 is 0 Å².